The Morgan fingerprint density at radius 3 is 2.25 bits per heavy atom. The van der Waals surface area contributed by atoms with Crippen LogP contribution in [0.15, 0.2) is 48.5 Å². The van der Waals surface area contributed by atoms with Crippen LogP contribution in [0.5, 0.6) is 0 Å². The van der Waals surface area contributed by atoms with E-state index in [9.17, 15) is 14.4 Å². The van der Waals surface area contributed by atoms with Crippen molar-refractivity contribution in [3.8, 4) is 6.07 Å². The van der Waals surface area contributed by atoms with Gasteiger partial charge in [-0.1, -0.05) is 0 Å². The normalized spacial score (nSPS) is 9.89. The largest absolute Gasteiger partial charge is 0.462 e. The predicted molar refractivity (Wildman–Crippen MR) is 105 cm³/mol. The molecule has 28 heavy (non-hydrogen) atoms. The summed E-state index contributed by atoms with van der Waals surface area (Å²) in [6, 6.07) is 15.0. The minimum absolute atomic E-state index is 0.0964. The van der Waals surface area contributed by atoms with E-state index in [4.69, 9.17) is 10.00 Å². The van der Waals surface area contributed by atoms with E-state index < -0.39 is 5.97 Å². The number of anilines is 2. The quantitative estimate of drug-likeness (QED) is 0.745. The van der Waals surface area contributed by atoms with E-state index in [1.165, 1.54) is 11.8 Å². The summed E-state index contributed by atoms with van der Waals surface area (Å²) in [6.07, 6.45) is 0.0964. The van der Waals surface area contributed by atoms with Crippen LogP contribution in [-0.4, -0.2) is 30.9 Å². The van der Waals surface area contributed by atoms with Gasteiger partial charge in [-0.25, -0.2) is 4.79 Å². The van der Waals surface area contributed by atoms with Crippen LogP contribution in [0.25, 0.3) is 0 Å². The molecule has 2 amide bonds. The Balaban J connectivity index is 1.98. The molecular formula is C21H21N3O4. The molecule has 0 aliphatic carbocycles. The fraction of sp³-hybridized carbons (Fsp3) is 0.238. The molecule has 2 aromatic rings. The van der Waals surface area contributed by atoms with E-state index in [0.717, 1.165) is 0 Å². The van der Waals surface area contributed by atoms with Gasteiger partial charge in [0.2, 0.25) is 11.8 Å². The molecule has 0 saturated carbocycles. The first kappa shape index (κ1) is 20.6. The fourth-order valence-corrected chi connectivity index (χ4v) is 2.53. The number of carbonyl (C=O) groups excluding carboxylic acids is 3. The predicted octanol–water partition coefficient (Wildman–Crippen LogP) is 3.12. The average Bonchev–Trinajstić information content (AvgIpc) is 2.69. The SMILES string of the molecule is CCOC(=O)c1ccc(N(CCC(=O)Nc2ccc(C#N)cc2)C(C)=O)cc1. The van der Waals surface area contributed by atoms with Crippen molar-refractivity contribution in [2.24, 2.45) is 0 Å². The number of benzene rings is 2. The summed E-state index contributed by atoms with van der Waals surface area (Å²) in [5.74, 6) is -0.889. The number of nitrogens with zero attached hydrogens (tertiary/aromatic N) is 2. The minimum atomic E-state index is -0.426. The smallest absolute Gasteiger partial charge is 0.338 e. The van der Waals surface area contributed by atoms with E-state index in [1.54, 1.807) is 55.5 Å². The Hall–Kier alpha value is -3.66. The van der Waals surface area contributed by atoms with Crippen molar-refractivity contribution in [1.29, 1.82) is 5.26 Å². The van der Waals surface area contributed by atoms with E-state index >= 15 is 0 Å². The number of carbonyl (C=O) groups is 3. The van der Waals surface area contributed by atoms with Crippen LogP contribution in [0.2, 0.25) is 0 Å². The highest BCUT2D eigenvalue weighted by atomic mass is 16.5. The topological polar surface area (TPSA) is 99.5 Å². The molecule has 0 fully saturated rings. The average molecular weight is 379 g/mol. The van der Waals surface area contributed by atoms with Crippen molar-refractivity contribution in [2.75, 3.05) is 23.4 Å². The number of rotatable bonds is 7. The molecule has 0 heterocycles. The molecule has 0 aromatic heterocycles. The van der Waals surface area contributed by atoms with Gasteiger partial charge in [0.1, 0.15) is 0 Å². The molecule has 144 valence electrons. The highest BCUT2D eigenvalue weighted by molar-refractivity contribution is 5.95. The summed E-state index contributed by atoms with van der Waals surface area (Å²) in [5, 5.41) is 11.5. The zero-order valence-electron chi connectivity index (χ0n) is 15.8. The van der Waals surface area contributed by atoms with Gasteiger partial charge in [0.05, 0.1) is 23.8 Å². The van der Waals surface area contributed by atoms with Crippen molar-refractivity contribution in [2.45, 2.75) is 20.3 Å². The van der Waals surface area contributed by atoms with Crippen molar-refractivity contribution >= 4 is 29.2 Å². The lowest BCUT2D eigenvalue weighted by Crippen LogP contribution is -2.32. The minimum Gasteiger partial charge on any atom is -0.462 e. The lowest BCUT2D eigenvalue weighted by Gasteiger charge is -2.21. The molecule has 0 aliphatic heterocycles. The van der Waals surface area contributed by atoms with Crippen LogP contribution < -0.4 is 10.2 Å². The number of amides is 2. The number of nitrogens with one attached hydrogen (secondary N) is 1. The standard InChI is InChI=1S/C21H21N3O4/c1-3-28-21(27)17-6-10-19(11-7-17)24(15(2)25)13-12-20(26)23-18-8-4-16(14-22)5-9-18/h4-11H,3,12-13H2,1-2H3,(H,23,26). The molecule has 0 saturated heterocycles. The Morgan fingerprint density at radius 2 is 1.71 bits per heavy atom. The van der Waals surface area contributed by atoms with Gasteiger partial charge < -0.3 is 15.0 Å². The lowest BCUT2D eigenvalue weighted by atomic mass is 10.2. The maximum Gasteiger partial charge on any atom is 0.338 e. The van der Waals surface area contributed by atoms with Gasteiger partial charge in [0.15, 0.2) is 0 Å². The Bertz CT molecular complexity index is 883. The molecule has 2 rings (SSSR count). The van der Waals surface area contributed by atoms with Crippen molar-refractivity contribution in [3.05, 3.63) is 59.7 Å². The second-order valence-corrected chi connectivity index (χ2v) is 5.93. The number of ether oxygens (including phenoxy) is 1. The fourth-order valence-electron chi connectivity index (χ4n) is 2.53. The number of esters is 1. The monoisotopic (exact) mass is 379 g/mol. The molecule has 1 N–H and O–H groups in total. The van der Waals surface area contributed by atoms with Gasteiger partial charge in [-0.3, -0.25) is 9.59 Å². The van der Waals surface area contributed by atoms with Crippen molar-refractivity contribution < 1.29 is 19.1 Å². The summed E-state index contributed by atoms with van der Waals surface area (Å²) in [4.78, 5) is 37.3. The van der Waals surface area contributed by atoms with Crippen LogP contribution in [0.1, 0.15) is 36.2 Å². The molecular weight excluding hydrogens is 358 g/mol. The molecule has 0 unspecified atom stereocenters. The van der Waals surface area contributed by atoms with Gasteiger partial charge in [-0.15, -0.1) is 0 Å². The molecule has 0 radical (unpaired) electrons. The third-order valence-electron chi connectivity index (χ3n) is 3.93. The van der Waals surface area contributed by atoms with E-state index in [0.29, 0.717) is 22.5 Å². The van der Waals surface area contributed by atoms with Crippen LogP contribution >= 0.6 is 0 Å². The van der Waals surface area contributed by atoms with Gasteiger partial charge in [-0.2, -0.15) is 5.26 Å². The summed E-state index contributed by atoms with van der Waals surface area (Å²) in [5.41, 5.74) is 2.07. The Morgan fingerprint density at radius 1 is 1.07 bits per heavy atom. The first-order chi connectivity index (χ1) is 13.4. The number of hydrogen-bond acceptors (Lipinski definition) is 5. The van der Waals surface area contributed by atoms with E-state index in [-0.39, 0.29) is 31.4 Å². The van der Waals surface area contributed by atoms with Gasteiger partial charge in [-0.05, 0) is 55.5 Å². The van der Waals surface area contributed by atoms with Gasteiger partial charge >= 0.3 is 5.97 Å². The molecule has 7 heteroatoms. The third kappa shape index (κ3) is 5.68. The van der Waals surface area contributed by atoms with E-state index in [2.05, 4.69) is 5.32 Å². The third-order valence-corrected chi connectivity index (χ3v) is 3.93. The van der Waals surface area contributed by atoms with Crippen molar-refractivity contribution in [3.63, 3.8) is 0 Å². The van der Waals surface area contributed by atoms with Gasteiger partial charge in [0.25, 0.3) is 0 Å². The van der Waals surface area contributed by atoms with E-state index in [1.807, 2.05) is 6.07 Å². The molecule has 0 bridgehead atoms. The summed E-state index contributed by atoms with van der Waals surface area (Å²) >= 11 is 0. The lowest BCUT2D eigenvalue weighted by molar-refractivity contribution is -0.117. The summed E-state index contributed by atoms with van der Waals surface area (Å²) in [6.45, 7) is 3.62. The second kappa shape index (κ2) is 9.88. The zero-order valence-corrected chi connectivity index (χ0v) is 15.8. The molecule has 2 aromatic carbocycles. The first-order valence-electron chi connectivity index (χ1n) is 8.80. The van der Waals surface area contributed by atoms with Crippen LogP contribution in [0.4, 0.5) is 11.4 Å². The van der Waals surface area contributed by atoms with Crippen molar-refractivity contribution in [1.82, 2.24) is 0 Å². The summed E-state index contributed by atoms with van der Waals surface area (Å²) in [7, 11) is 0. The Labute approximate surface area is 163 Å². The molecule has 0 atom stereocenters. The summed E-state index contributed by atoms with van der Waals surface area (Å²) < 4.78 is 4.94. The number of hydrogen-bond donors (Lipinski definition) is 1. The highest BCUT2D eigenvalue weighted by Crippen LogP contribution is 2.17. The van der Waals surface area contributed by atoms with Crippen LogP contribution in [0, 0.1) is 11.3 Å². The van der Waals surface area contributed by atoms with Crippen LogP contribution in [0.3, 0.4) is 0 Å². The maximum atomic E-state index is 12.2. The zero-order chi connectivity index (χ0) is 20.5. The Kier molecular flexibility index (Phi) is 7.28. The first-order valence-corrected chi connectivity index (χ1v) is 8.80. The van der Waals surface area contributed by atoms with Crippen LogP contribution in [-0.2, 0) is 14.3 Å². The maximum absolute atomic E-state index is 12.2. The van der Waals surface area contributed by atoms with Gasteiger partial charge in [0, 0.05) is 31.3 Å². The number of nitriles is 1. The molecule has 0 spiro atoms. The highest BCUT2D eigenvalue weighted by Gasteiger charge is 2.15. The second-order valence-electron chi connectivity index (χ2n) is 5.93. The molecule has 7 nitrogen and oxygen atoms in total. The molecule has 0 aliphatic rings.